The van der Waals surface area contributed by atoms with E-state index in [1.165, 1.54) is 23.0 Å². The zero-order valence-corrected chi connectivity index (χ0v) is 11.0. The summed E-state index contributed by atoms with van der Waals surface area (Å²) in [6.45, 7) is -0.142. The van der Waals surface area contributed by atoms with Crippen LogP contribution in [0.5, 0.6) is 5.75 Å². The highest BCUT2D eigenvalue weighted by Crippen LogP contribution is 2.31. The highest BCUT2D eigenvalue weighted by molar-refractivity contribution is 6.52. The van der Waals surface area contributed by atoms with E-state index in [1.807, 2.05) is 0 Å². The van der Waals surface area contributed by atoms with Gasteiger partial charge in [-0.3, -0.25) is 19.3 Å². The number of carbonyl (C=O) groups excluding carboxylic acids is 3. The number of hydrogen-bond donors (Lipinski definition) is 0. The van der Waals surface area contributed by atoms with Gasteiger partial charge in [0.2, 0.25) is 5.91 Å². The second-order valence-electron chi connectivity index (χ2n) is 4.39. The average Bonchev–Trinajstić information content (AvgIpc) is 2.63. The van der Waals surface area contributed by atoms with Crippen molar-refractivity contribution >= 4 is 23.3 Å². The predicted octanol–water partition coefficient (Wildman–Crippen LogP) is 0.313. The SMILES string of the molecule is COc1ccc2c(c1)C(=O)C(=O)N2CC(=O)N(C)C. The number of rotatable bonds is 3. The Balaban J connectivity index is 2.37. The van der Waals surface area contributed by atoms with Crippen molar-refractivity contribution in [2.75, 3.05) is 32.6 Å². The zero-order valence-electron chi connectivity index (χ0n) is 11.0. The topological polar surface area (TPSA) is 66.9 Å². The Morgan fingerprint density at radius 2 is 2.00 bits per heavy atom. The van der Waals surface area contributed by atoms with Crippen LogP contribution in [0.15, 0.2) is 18.2 Å². The summed E-state index contributed by atoms with van der Waals surface area (Å²) in [6.07, 6.45) is 0. The van der Waals surface area contributed by atoms with Crippen molar-refractivity contribution in [2.45, 2.75) is 0 Å². The van der Waals surface area contributed by atoms with Crippen LogP contribution >= 0.6 is 0 Å². The predicted molar refractivity (Wildman–Crippen MR) is 68.4 cm³/mol. The van der Waals surface area contributed by atoms with Crippen molar-refractivity contribution in [3.63, 3.8) is 0 Å². The number of amides is 2. The summed E-state index contributed by atoms with van der Waals surface area (Å²) in [5, 5.41) is 0. The number of ether oxygens (including phenoxy) is 1. The molecule has 0 bridgehead atoms. The molecule has 1 aromatic carbocycles. The molecule has 1 aliphatic heterocycles. The molecule has 0 fully saturated rings. The molecule has 0 N–H and O–H groups in total. The lowest BCUT2D eigenvalue weighted by atomic mass is 10.1. The van der Waals surface area contributed by atoms with Crippen LogP contribution in [0.25, 0.3) is 0 Å². The number of anilines is 1. The highest BCUT2D eigenvalue weighted by Gasteiger charge is 2.37. The second kappa shape index (κ2) is 4.72. The molecule has 100 valence electrons. The Kier molecular flexibility index (Phi) is 3.25. The third kappa shape index (κ3) is 2.16. The van der Waals surface area contributed by atoms with Crippen LogP contribution in [0, 0.1) is 0 Å². The van der Waals surface area contributed by atoms with E-state index in [4.69, 9.17) is 4.74 Å². The van der Waals surface area contributed by atoms with Crippen molar-refractivity contribution < 1.29 is 19.1 Å². The van der Waals surface area contributed by atoms with Crippen LogP contribution in [0.1, 0.15) is 10.4 Å². The minimum Gasteiger partial charge on any atom is -0.497 e. The monoisotopic (exact) mass is 262 g/mol. The third-order valence-corrected chi connectivity index (χ3v) is 2.97. The summed E-state index contributed by atoms with van der Waals surface area (Å²) in [5.41, 5.74) is 0.724. The molecule has 1 aliphatic rings. The molecule has 0 saturated heterocycles. The number of likely N-dealkylation sites (N-methyl/N-ethyl adjacent to an activating group) is 1. The molecule has 0 radical (unpaired) electrons. The van der Waals surface area contributed by atoms with Gasteiger partial charge in [-0.2, -0.15) is 0 Å². The Labute approximate surface area is 110 Å². The van der Waals surface area contributed by atoms with Crippen LogP contribution in [0.4, 0.5) is 5.69 Å². The zero-order chi connectivity index (χ0) is 14.2. The van der Waals surface area contributed by atoms with Gasteiger partial charge in [0.1, 0.15) is 12.3 Å². The minimum absolute atomic E-state index is 0.142. The van der Waals surface area contributed by atoms with Gasteiger partial charge < -0.3 is 9.64 Å². The molecule has 0 spiro atoms. The molecule has 0 atom stereocenters. The fourth-order valence-corrected chi connectivity index (χ4v) is 1.84. The number of benzene rings is 1. The second-order valence-corrected chi connectivity index (χ2v) is 4.39. The highest BCUT2D eigenvalue weighted by atomic mass is 16.5. The minimum atomic E-state index is -0.682. The molecule has 0 unspecified atom stereocenters. The smallest absolute Gasteiger partial charge is 0.299 e. The molecule has 1 heterocycles. The van der Waals surface area contributed by atoms with E-state index in [-0.39, 0.29) is 18.0 Å². The number of nitrogens with zero attached hydrogens (tertiary/aromatic N) is 2. The summed E-state index contributed by atoms with van der Waals surface area (Å²) in [7, 11) is 4.68. The normalized spacial score (nSPS) is 13.5. The lowest BCUT2D eigenvalue weighted by Crippen LogP contribution is -2.39. The van der Waals surface area contributed by atoms with E-state index in [2.05, 4.69) is 0 Å². The number of Topliss-reactive ketones (excluding diaryl/α,β-unsaturated/α-hetero) is 1. The molecule has 0 saturated carbocycles. The van der Waals surface area contributed by atoms with E-state index >= 15 is 0 Å². The maximum Gasteiger partial charge on any atom is 0.299 e. The third-order valence-electron chi connectivity index (χ3n) is 2.97. The van der Waals surface area contributed by atoms with E-state index in [1.54, 1.807) is 26.2 Å². The first kappa shape index (κ1) is 13.1. The number of fused-ring (bicyclic) bond motifs is 1. The van der Waals surface area contributed by atoms with Crippen LogP contribution in [0.2, 0.25) is 0 Å². The molecular weight excluding hydrogens is 248 g/mol. The van der Waals surface area contributed by atoms with Crippen LogP contribution in [0.3, 0.4) is 0 Å². The fourth-order valence-electron chi connectivity index (χ4n) is 1.84. The van der Waals surface area contributed by atoms with E-state index in [0.29, 0.717) is 11.4 Å². The Morgan fingerprint density at radius 1 is 1.32 bits per heavy atom. The summed E-state index contributed by atoms with van der Waals surface area (Å²) in [5.74, 6) is -1.04. The molecule has 2 amide bonds. The molecular formula is C13H14N2O4. The first-order chi connectivity index (χ1) is 8.95. The maximum atomic E-state index is 11.9. The van der Waals surface area contributed by atoms with Gasteiger partial charge in [-0.15, -0.1) is 0 Å². The maximum absolute atomic E-state index is 11.9. The number of methoxy groups -OCH3 is 1. The van der Waals surface area contributed by atoms with Crippen molar-refractivity contribution in [3.05, 3.63) is 23.8 Å². The van der Waals surface area contributed by atoms with Crippen LogP contribution in [-0.4, -0.2) is 50.2 Å². The molecule has 6 nitrogen and oxygen atoms in total. The molecule has 6 heteroatoms. The van der Waals surface area contributed by atoms with Gasteiger partial charge in [-0.25, -0.2) is 0 Å². The number of ketones is 1. The summed E-state index contributed by atoms with van der Waals surface area (Å²) >= 11 is 0. The first-order valence-electron chi connectivity index (χ1n) is 5.70. The Morgan fingerprint density at radius 3 is 2.58 bits per heavy atom. The fraction of sp³-hybridized carbons (Fsp3) is 0.308. The standard InChI is InChI=1S/C13H14N2O4/c1-14(2)11(16)7-15-10-5-4-8(19-3)6-9(10)12(17)13(15)18/h4-6H,7H2,1-3H3. The van der Waals surface area contributed by atoms with E-state index in [9.17, 15) is 14.4 Å². The Hall–Kier alpha value is -2.37. The van der Waals surface area contributed by atoms with Gasteiger partial charge in [0, 0.05) is 14.1 Å². The summed E-state index contributed by atoms with van der Waals surface area (Å²) < 4.78 is 5.02. The van der Waals surface area contributed by atoms with Gasteiger partial charge in [-0.05, 0) is 18.2 Å². The average molecular weight is 262 g/mol. The summed E-state index contributed by atoms with van der Waals surface area (Å²) in [4.78, 5) is 38.0. The lowest BCUT2D eigenvalue weighted by molar-refractivity contribution is -0.128. The van der Waals surface area contributed by atoms with Crippen molar-refractivity contribution in [1.82, 2.24) is 4.90 Å². The van der Waals surface area contributed by atoms with Gasteiger partial charge in [0.05, 0.1) is 18.4 Å². The summed E-state index contributed by atoms with van der Waals surface area (Å²) in [6, 6.07) is 4.77. The molecule has 0 aliphatic carbocycles. The van der Waals surface area contributed by atoms with E-state index in [0.717, 1.165) is 0 Å². The van der Waals surface area contributed by atoms with Crippen LogP contribution in [-0.2, 0) is 9.59 Å². The van der Waals surface area contributed by atoms with Crippen LogP contribution < -0.4 is 9.64 Å². The quantitative estimate of drug-likeness (QED) is 0.735. The van der Waals surface area contributed by atoms with Crippen molar-refractivity contribution in [3.8, 4) is 5.75 Å². The van der Waals surface area contributed by atoms with E-state index < -0.39 is 11.7 Å². The van der Waals surface area contributed by atoms with Crippen molar-refractivity contribution in [1.29, 1.82) is 0 Å². The first-order valence-corrected chi connectivity index (χ1v) is 5.70. The molecule has 19 heavy (non-hydrogen) atoms. The number of carbonyl (C=O) groups is 3. The molecule has 2 rings (SSSR count). The van der Waals surface area contributed by atoms with Gasteiger partial charge in [-0.1, -0.05) is 0 Å². The molecule has 1 aromatic rings. The Bertz CT molecular complexity index is 566. The van der Waals surface area contributed by atoms with Crippen molar-refractivity contribution in [2.24, 2.45) is 0 Å². The number of hydrogen-bond acceptors (Lipinski definition) is 4. The molecule has 0 aromatic heterocycles. The van der Waals surface area contributed by atoms with Gasteiger partial charge in [0.15, 0.2) is 0 Å². The lowest BCUT2D eigenvalue weighted by Gasteiger charge is -2.18. The van der Waals surface area contributed by atoms with Gasteiger partial charge in [0.25, 0.3) is 11.7 Å². The van der Waals surface area contributed by atoms with Gasteiger partial charge >= 0.3 is 0 Å². The largest absolute Gasteiger partial charge is 0.497 e.